The molecule has 5 N–H and O–H groups in total. The molecular weight excluding hydrogens is 456 g/mol. The molecule has 0 spiro atoms. The van der Waals surface area contributed by atoms with E-state index in [0.29, 0.717) is 0 Å². The van der Waals surface area contributed by atoms with Gasteiger partial charge in [-0.2, -0.15) is 0 Å². The summed E-state index contributed by atoms with van der Waals surface area (Å²) in [6.45, 7) is 5.91. The molecule has 34 heavy (non-hydrogen) atoms. The first kappa shape index (κ1) is 26.6. The van der Waals surface area contributed by atoms with E-state index in [1.54, 1.807) is 13.8 Å². The highest BCUT2D eigenvalue weighted by molar-refractivity contribution is 6.00. The number of aliphatic hydroxyl groups is 1. The van der Waals surface area contributed by atoms with Gasteiger partial charge in [0.15, 0.2) is 23.3 Å². The quantitative estimate of drug-likeness (QED) is 0.177. The molecular formula is C23H24F4N4O3. The fourth-order valence-corrected chi connectivity index (χ4v) is 2.75. The first-order valence-electron chi connectivity index (χ1n) is 9.96. The summed E-state index contributed by atoms with van der Waals surface area (Å²) in [5.74, 6) is -6.28. The minimum Gasteiger partial charge on any atom is -0.394 e. The molecule has 11 heteroatoms. The largest absolute Gasteiger partial charge is 0.394 e. The van der Waals surface area contributed by atoms with E-state index in [2.05, 4.69) is 16.9 Å². The van der Waals surface area contributed by atoms with Crippen molar-refractivity contribution in [1.82, 2.24) is 10.5 Å². The van der Waals surface area contributed by atoms with Gasteiger partial charge in [0.1, 0.15) is 5.83 Å². The number of hydroxylamine groups is 1. The van der Waals surface area contributed by atoms with Gasteiger partial charge in [0.2, 0.25) is 0 Å². The minimum absolute atomic E-state index is 0.0873. The van der Waals surface area contributed by atoms with Crippen LogP contribution in [-0.4, -0.2) is 29.2 Å². The van der Waals surface area contributed by atoms with E-state index < -0.39 is 59.3 Å². The van der Waals surface area contributed by atoms with E-state index >= 15 is 4.39 Å². The summed E-state index contributed by atoms with van der Waals surface area (Å²) in [6.07, 6.45) is 3.47. The number of halogens is 4. The maximum Gasteiger partial charge on any atom is 0.277 e. The van der Waals surface area contributed by atoms with Crippen LogP contribution in [0, 0.1) is 17.5 Å². The third-order valence-corrected chi connectivity index (χ3v) is 4.40. The van der Waals surface area contributed by atoms with Crippen molar-refractivity contribution >= 4 is 17.4 Å². The standard InChI is InChI=1S/C23H24F4N4O3/c1-12(2)4-5-17(13(3)24)30-21-16(23(33)31-34-9-8-32)11-15(18(25)20(21)27)10-14-6-7-29-22(28)19(14)26/h4-7,11,30,32H,3,8-10H2,1-2H3,(H2,28,29)(H,31,33)/b17-5+. The number of nitrogens with zero attached hydrogens (tertiary/aromatic N) is 1. The third-order valence-electron chi connectivity index (χ3n) is 4.40. The highest BCUT2D eigenvalue weighted by Crippen LogP contribution is 2.30. The number of hydrogen-bond acceptors (Lipinski definition) is 6. The molecule has 0 aliphatic rings. The highest BCUT2D eigenvalue weighted by Gasteiger charge is 2.25. The van der Waals surface area contributed by atoms with Gasteiger partial charge in [0, 0.05) is 12.6 Å². The van der Waals surface area contributed by atoms with Gasteiger partial charge < -0.3 is 16.2 Å². The number of allylic oxidation sites excluding steroid dienone is 4. The summed E-state index contributed by atoms with van der Waals surface area (Å²) in [6, 6.07) is 2.20. The summed E-state index contributed by atoms with van der Waals surface area (Å²) in [7, 11) is 0. The molecule has 0 atom stereocenters. The van der Waals surface area contributed by atoms with Crippen LogP contribution in [0.4, 0.5) is 29.1 Å². The van der Waals surface area contributed by atoms with Crippen LogP contribution in [0.3, 0.4) is 0 Å². The number of aliphatic hydroxyl groups excluding tert-OH is 1. The number of carbonyl (C=O) groups is 1. The molecule has 0 saturated heterocycles. The van der Waals surface area contributed by atoms with Crippen LogP contribution in [0.5, 0.6) is 0 Å². The number of rotatable bonds is 10. The number of nitrogens with one attached hydrogen (secondary N) is 2. The lowest BCUT2D eigenvalue weighted by molar-refractivity contribution is 0.0168. The van der Waals surface area contributed by atoms with Crippen LogP contribution in [0.2, 0.25) is 0 Å². The lowest BCUT2D eigenvalue weighted by Crippen LogP contribution is -2.27. The fraction of sp³-hybridized carbons (Fsp3) is 0.217. The van der Waals surface area contributed by atoms with Gasteiger partial charge in [-0.25, -0.2) is 28.0 Å². The van der Waals surface area contributed by atoms with Crippen molar-refractivity contribution < 1.29 is 32.3 Å². The summed E-state index contributed by atoms with van der Waals surface area (Å²) in [5, 5.41) is 11.2. The molecule has 1 heterocycles. The third kappa shape index (κ3) is 6.65. The predicted molar refractivity (Wildman–Crippen MR) is 120 cm³/mol. The van der Waals surface area contributed by atoms with Crippen LogP contribution in [-0.2, 0) is 11.3 Å². The van der Waals surface area contributed by atoms with Crippen molar-refractivity contribution in [3.63, 3.8) is 0 Å². The van der Waals surface area contributed by atoms with Gasteiger partial charge in [0.05, 0.1) is 30.2 Å². The van der Waals surface area contributed by atoms with Gasteiger partial charge in [-0.05, 0) is 43.2 Å². The van der Waals surface area contributed by atoms with E-state index in [1.165, 1.54) is 24.4 Å². The summed E-state index contributed by atoms with van der Waals surface area (Å²) in [5.41, 5.74) is 6.20. The molecule has 1 amide bonds. The Morgan fingerprint density at radius 2 is 1.91 bits per heavy atom. The normalized spacial score (nSPS) is 11.2. The topological polar surface area (TPSA) is 110 Å². The first-order valence-corrected chi connectivity index (χ1v) is 9.96. The molecule has 1 aromatic heterocycles. The molecule has 0 unspecified atom stereocenters. The average Bonchev–Trinajstić information content (AvgIpc) is 2.78. The number of nitrogen functional groups attached to an aromatic ring is 1. The number of amides is 1. The lowest BCUT2D eigenvalue weighted by atomic mass is 9.99. The second kappa shape index (κ2) is 12.0. The number of benzene rings is 1. The first-order chi connectivity index (χ1) is 16.1. The number of pyridine rings is 1. The molecule has 1 aromatic carbocycles. The molecule has 0 radical (unpaired) electrons. The molecule has 0 aliphatic carbocycles. The zero-order chi connectivity index (χ0) is 25.4. The minimum atomic E-state index is -1.52. The Hall–Kier alpha value is -3.70. The van der Waals surface area contributed by atoms with Crippen molar-refractivity contribution in [2.24, 2.45) is 0 Å². The van der Waals surface area contributed by atoms with Gasteiger partial charge in [0.25, 0.3) is 5.91 Å². The van der Waals surface area contributed by atoms with Crippen LogP contribution >= 0.6 is 0 Å². The van der Waals surface area contributed by atoms with E-state index in [0.717, 1.165) is 11.6 Å². The fourth-order valence-electron chi connectivity index (χ4n) is 2.75. The van der Waals surface area contributed by atoms with Crippen molar-refractivity contribution in [2.75, 3.05) is 24.3 Å². The van der Waals surface area contributed by atoms with Crippen LogP contribution in [0.25, 0.3) is 0 Å². The van der Waals surface area contributed by atoms with E-state index in [-0.39, 0.29) is 23.4 Å². The zero-order valence-electron chi connectivity index (χ0n) is 18.5. The number of hydrogen-bond donors (Lipinski definition) is 4. The SMILES string of the molecule is C=C(F)/C(=C\C=C(C)C)Nc1c(C(=O)NOCCO)cc(Cc2ccnc(N)c2F)c(F)c1F. The van der Waals surface area contributed by atoms with E-state index in [9.17, 15) is 18.0 Å². The zero-order valence-corrected chi connectivity index (χ0v) is 18.5. The molecule has 0 fully saturated rings. The summed E-state index contributed by atoms with van der Waals surface area (Å²) in [4.78, 5) is 21.0. The van der Waals surface area contributed by atoms with Crippen LogP contribution < -0.4 is 16.5 Å². The second-order valence-electron chi connectivity index (χ2n) is 7.29. The predicted octanol–water partition coefficient (Wildman–Crippen LogP) is 4.07. The average molecular weight is 480 g/mol. The van der Waals surface area contributed by atoms with E-state index in [4.69, 9.17) is 15.7 Å². The maximum atomic E-state index is 15.2. The van der Waals surface area contributed by atoms with Crippen molar-refractivity contribution in [1.29, 1.82) is 0 Å². The van der Waals surface area contributed by atoms with Crippen molar-refractivity contribution in [2.45, 2.75) is 20.3 Å². The summed E-state index contributed by atoms with van der Waals surface area (Å²) >= 11 is 0. The molecule has 0 aliphatic heterocycles. The van der Waals surface area contributed by atoms with Crippen molar-refractivity contribution in [3.05, 3.63) is 88.3 Å². The van der Waals surface area contributed by atoms with Gasteiger partial charge in [-0.3, -0.25) is 9.63 Å². The Morgan fingerprint density at radius 1 is 1.21 bits per heavy atom. The Kier molecular flexibility index (Phi) is 9.34. The number of nitrogens with two attached hydrogens (primary N) is 1. The van der Waals surface area contributed by atoms with Gasteiger partial charge in [-0.15, -0.1) is 0 Å². The van der Waals surface area contributed by atoms with E-state index in [1.807, 2.05) is 5.48 Å². The lowest BCUT2D eigenvalue weighted by Gasteiger charge is -2.17. The maximum absolute atomic E-state index is 15.2. The Balaban J connectivity index is 2.61. The molecule has 0 bridgehead atoms. The molecule has 182 valence electrons. The smallest absolute Gasteiger partial charge is 0.277 e. The Bertz CT molecular complexity index is 1150. The van der Waals surface area contributed by atoms with Crippen LogP contribution in [0.15, 0.2) is 54.2 Å². The van der Waals surface area contributed by atoms with Gasteiger partial charge in [-0.1, -0.05) is 18.2 Å². The van der Waals surface area contributed by atoms with Crippen molar-refractivity contribution in [3.8, 4) is 0 Å². The monoisotopic (exact) mass is 480 g/mol. The number of anilines is 2. The highest BCUT2D eigenvalue weighted by atomic mass is 19.2. The Labute approximate surface area is 193 Å². The Morgan fingerprint density at radius 3 is 2.53 bits per heavy atom. The molecule has 7 nitrogen and oxygen atoms in total. The summed E-state index contributed by atoms with van der Waals surface area (Å²) < 4.78 is 58.4. The number of carbonyl (C=O) groups excluding carboxylic acids is 1. The molecule has 2 rings (SSSR count). The molecule has 0 saturated carbocycles. The number of aromatic nitrogens is 1. The van der Waals surface area contributed by atoms with Gasteiger partial charge >= 0.3 is 0 Å². The van der Waals surface area contributed by atoms with Crippen LogP contribution in [0.1, 0.15) is 35.3 Å². The molecule has 2 aromatic rings. The second-order valence-corrected chi connectivity index (χ2v) is 7.29.